The van der Waals surface area contributed by atoms with E-state index < -0.39 is 5.97 Å². The number of carbonyl (C=O) groups is 2. The minimum absolute atomic E-state index is 0.0249. The minimum Gasteiger partial charge on any atom is -0.481 e. The quantitative estimate of drug-likeness (QED) is 0.819. The lowest BCUT2D eigenvalue weighted by atomic mass is 9.95. The van der Waals surface area contributed by atoms with Crippen LogP contribution in [-0.2, 0) is 9.53 Å². The first-order chi connectivity index (χ1) is 9.40. The molecule has 3 atom stereocenters. The van der Waals surface area contributed by atoms with Gasteiger partial charge in [-0.25, -0.2) is 4.79 Å². The number of ether oxygens (including phenoxy) is 1. The third-order valence-electron chi connectivity index (χ3n) is 4.62. The van der Waals surface area contributed by atoms with Gasteiger partial charge in [0.15, 0.2) is 0 Å². The molecule has 0 aromatic carbocycles. The van der Waals surface area contributed by atoms with E-state index in [-0.39, 0.29) is 24.1 Å². The first-order valence-corrected chi connectivity index (χ1v) is 7.31. The number of nitrogens with one attached hydrogen (secondary N) is 1. The molecule has 2 aliphatic heterocycles. The number of carbonyl (C=O) groups excluding carboxylic acids is 1. The van der Waals surface area contributed by atoms with E-state index in [4.69, 9.17) is 9.84 Å². The molecule has 2 N–H and O–H groups in total. The number of likely N-dealkylation sites (tertiary alicyclic amines) is 1. The Bertz CT molecular complexity index is 387. The molecule has 0 bridgehead atoms. The van der Waals surface area contributed by atoms with Crippen molar-refractivity contribution < 1.29 is 19.4 Å². The molecule has 2 heterocycles. The third-order valence-corrected chi connectivity index (χ3v) is 4.62. The predicted octanol–water partition coefficient (Wildman–Crippen LogP) is 1.45. The lowest BCUT2D eigenvalue weighted by Gasteiger charge is -2.31. The zero-order valence-electron chi connectivity index (χ0n) is 12.2. The van der Waals surface area contributed by atoms with E-state index in [1.54, 1.807) is 4.90 Å². The molecule has 2 saturated heterocycles. The third kappa shape index (κ3) is 3.42. The van der Waals surface area contributed by atoms with E-state index in [0.29, 0.717) is 32.0 Å². The SMILES string of the molecule is CC1OCCC1(C)NC(=O)N1CCC(CCC(=O)O)C1. The van der Waals surface area contributed by atoms with Gasteiger partial charge in [-0.3, -0.25) is 4.79 Å². The highest BCUT2D eigenvalue weighted by molar-refractivity contribution is 5.75. The predicted molar refractivity (Wildman–Crippen MR) is 73.5 cm³/mol. The van der Waals surface area contributed by atoms with Crippen LogP contribution in [0, 0.1) is 5.92 Å². The number of urea groups is 1. The smallest absolute Gasteiger partial charge is 0.317 e. The molecule has 6 heteroatoms. The Morgan fingerprint density at radius 2 is 2.25 bits per heavy atom. The van der Waals surface area contributed by atoms with Crippen molar-refractivity contribution >= 4 is 12.0 Å². The van der Waals surface area contributed by atoms with Crippen molar-refractivity contribution in [2.24, 2.45) is 5.92 Å². The summed E-state index contributed by atoms with van der Waals surface area (Å²) < 4.78 is 5.52. The first-order valence-electron chi connectivity index (χ1n) is 7.31. The van der Waals surface area contributed by atoms with Gasteiger partial charge in [-0.15, -0.1) is 0 Å². The molecule has 0 aromatic heterocycles. The molecular formula is C14H24N2O4. The zero-order chi connectivity index (χ0) is 14.8. The maximum atomic E-state index is 12.3. The summed E-state index contributed by atoms with van der Waals surface area (Å²) in [5.41, 5.74) is -0.295. The number of nitrogens with zero attached hydrogens (tertiary/aromatic N) is 1. The highest BCUT2D eigenvalue weighted by Gasteiger charge is 2.40. The molecule has 0 aliphatic carbocycles. The number of hydrogen-bond donors (Lipinski definition) is 2. The van der Waals surface area contributed by atoms with Crippen LogP contribution >= 0.6 is 0 Å². The van der Waals surface area contributed by atoms with Crippen LogP contribution in [0.1, 0.15) is 39.5 Å². The number of carboxylic acid groups (broad SMARTS) is 1. The largest absolute Gasteiger partial charge is 0.481 e. The Morgan fingerprint density at radius 1 is 1.50 bits per heavy atom. The van der Waals surface area contributed by atoms with E-state index in [1.165, 1.54) is 0 Å². The average molecular weight is 284 g/mol. The number of hydrogen-bond acceptors (Lipinski definition) is 3. The van der Waals surface area contributed by atoms with Gasteiger partial charge in [0.2, 0.25) is 0 Å². The van der Waals surface area contributed by atoms with Gasteiger partial charge in [0.25, 0.3) is 0 Å². The van der Waals surface area contributed by atoms with Crippen LogP contribution in [0.2, 0.25) is 0 Å². The van der Waals surface area contributed by atoms with Crippen molar-refractivity contribution in [2.45, 2.75) is 51.2 Å². The summed E-state index contributed by atoms with van der Waals surface area (Å²) in [5, 5.41) is 11.8. The van der Waals surface area contributed by atoms with Crippen molar-refractivity contribution in [2.75, 3.05) is 19.7 Å². The van der Waals surface area contributed by atoms with Crippen LogP contribution in [0.3, 0.4) is 0 Å². The Labute approximate surface area is 119 Å². The summed E-state index contributed by atoms with van der Waals surface area (Å²) in [4.78, 5) is 24.6. The zero-order valence-corrected chi connectivity index (χ0v) is 12.2. The van der Waals surface area contributed by atoms with Crippen LogP contribution in [0.5, 0.6) is 0 Å². The fourth-order valence-electron chi connectivity index (χ4n) is 2.90. The van der Waals surface area contributed by atoms with Gasteiger partial charge < -0.3 is 20.1 Å². The molecule has 0 aromatic rings. The van der Waals surface area contributed by atoms with Crippen molar-refractivity contribution in [1.82, 2.24) is 10.2 Å². The van der Waals surface area contributed by atoms with Crippen LogP contribution in [-0.4, -0.2) is 53.3 Å². The number of amides is 2. The number of carboxylic acids is 1. The maximum absolute atomic E-state index is 12.3. The second kappa shape index (κ2) is 5.99. The Balaban J connectivity index is 1.81. The second-order valence-corrected chi connectivity index (χ2v) is 6.14. The lowest BCUT2D eigenvalue weighted by Crippen LogP contribution is -2.54. The molecule has 0 saturated carbocycles. The Hall–Kier alpha value is -1.30. The maximum Gasteiger partial charge on any atom is 0.317 e. The van der Waals surface area contributed by atoms with Crippen molar-refractivity contribution in [3.63, 3.8) is 0 Å². The monoisotopic (exact) mass is 284 g/mol. The van der Waals surface area contributed by atoms with Crippen LogP contribution < -0.4 is 5.32 Å². The summed E-state index contributed by atoms with van der Waals surface area (Å²) in [6.45, 7) is 6.04. The van der Waals surface area contributed by atoms with Gasteiger partial charge in [-0.05, 0) is 39.0 Å². The Morgan fingerprint density at radius 3 is 2.85 bits per heavy atom. The van der Waals surface area contributed by atoms with E-state index in [9.17, 15) is 9.59 Å². The molecule has 0 radical (unpaired) electrons. The van der Waals surface area contributed by atoms with Gasteiger partial charge >= 0.3 is 12.0 Å². The summed E-state index contributed by atoms with van der Waals surface area (Å²) in [7, 11) is 0. The minimum atomic E-state index is -0.766. The molecule has 3 unspecified atom stereocenters. The van der Waals surface area contributed by atoms with Crippen molar-refractivity contribution in [3.05, 3.63) is 0 Å². The van der Waals surface area contributed by atoms with Gasteiger partial charge in [0, 0.05) is 26.1 Å². The summed E-state index contributed by atoms with van der Waals surface area (Å²) >= 11 is 0. The normalized spacial score (nSPS) is 33.4. The molecule has 2 fully saturated rings. The summed E-state index contributed by atoms with van der Waals surface area (Å²) in [5.74, 6) is -0.459. The van der Waals surface area contributed by atoms with Crippen molar-refractivity contribution in [3.8, 4) is 0 Å². The molecule has 0 spiro atoms. The van der Waals surface area contributed by atoms with Gasteiger partial charge in [-0.1, -0.05) is 0 Å². The lowest BCUT2D eigenvalue weighted by molar-refractivity contribution is -0.137. The van der Waals surface area contributed by atoms with Crippen LogP contribution in [0.15, 0.2) is 0 Å². The first kappa shape index (κ1) is 15.1. The molecule has 2 amide bonds. The summed E-state index contributed by atoms with van der Waals surface area (Å²) in [6.07, 6.45) is 2.58. The van der Waals surface area contributed by atoms with Crippen LogP contribution in [0.25, 0.3) is 0 Å². The number of aliphatic carboxylic acids is 1. The van der Waals surface area contributed by atoms with E-state index >= 15 is 0 Å². The molecule has 2 aliphatic rings. The van der Waals surface area contributed by atoms with Crippen LogP contribution in [0.4, 0.5) is 4.79 Å². The van der Waals surface area contributed by atoms with Gasteiger partial charge in [0.1, 0.15) is 0 Å². The molecule has 6 nitrogen and oxygen atoms in total. The average Bonchev–Trinajstić information content (AvgIpc) is 2.95. The highest BCUT2D eigenvalue weighted by Crippen LogP contribution is 2.26. The molecule has 2 rings (SSSR count). The van der Waals surface area contributed by atoms with Gasteiger partial charge in [-0.2, -0.15) is 0 Å². The molecule has 20 heavy (non-hydrogen) atoms. The van der Waals surface area contributed by atoms with Gasteiger partial charge in [0.05, 0.1) is 11.6 Å². The fraction of sp³-hybridized carbons (Fsp3) is 0.857. The second-order valence-electron chi connectivity index (χ2n) is 6.14. The highest BCUT2D eigenvalue weighted by atomic mass is 16.5. The van der Waals surface area contributed by atoms with E-state index in [1.807, 2.05) is 13.8 Å². The molecule has 114 valence electrons. The molecular weight excluding hydrogens is 260 g/mol. The number of rotatable bonds is 4. The standard InChI is InChI=1S/C14H24N2O4/c1-10-14(2,6-8-20-10)15-13(19)16-7-5-11(9-16)3-4-12(17)18/h10-11H,3-9H2,1-2H3,(H,15,19)(H,17,18). The van der Waals surface area contributed by atoms with E-state index in [0.717, 1.165) is 12.8 Å². The summed E-state index contributed by atoms with van der Waals surface area (Å²) in [6, 6.07) is -0.0531. The Kier molecular flexibility index (Phi) is 4.52. The fourth-order valence-corrected chi connectivity index (χ4v) is 2.90. The van der Waals surface area contributed by atoms with Crippen molar-refractivity contribution in [1.29, 1.82) is 0 Å². The van der Waals surface area contributed by atoms with E-state index in [2.05, 4.69) is 5.32 Å². The topological polar surface area (TPSA) is 78.9 Å².